The molecule has 0 radical (unpaired) electrons. The summed E-state index contributed by atoms with van der Waals surface area (Å²) in [5, 5.41) is 4.66. The Bertz CT molecular complexity index is 555. The van der Waals surface area contributed by atoms with Gasteiger partial charge in [-0.2, -0.15) is 0 Å². The highest BCUT2D eigenvalue weighted by molar-refractivity contribution is 6.33. The van der Waals surface area contributed by atoms with E-state index in [0.717, 1.165) is 16.7 Å². The summed E-state index contributed by atoms with van der Waals surface area (Å²) in [7, 11) is 1.90. The largest absolute Gasteiger partial charge is 0.309 e. The third-order valence-electron chi connectivity index (χ3n) is 2.93. The van der Waals surface area contributed by atoms with Crippen molar-refractivity contribution in [3.63, 3.8) is 0 Å². The third kappa shape index (κ3) is 2.66. The maximum Gasteiger partial charge on any atom is 0.0593 e. The van der Waals surface area contributed by atoms with Gasteiger partial charge in [0.05, 0.1) is 6.04 Å². The summed E-state index contributed by atoms with van der Waals surface area (Å²) >= 11 is 12.3. The lowest BCUT2D eigenvalue weighted by molar-refractivity contribution is 0.686. The molecule has 1 aromatic heterocycles. The fraction of sp³-hybridized carbons (Fsp3) is 0.214. The first-order valence-corrected chi connectivity index (χ1v) is 6.42. The van der Waals surface area contributed by atoms with Crippen LogP contribution in [0.5, 0.6) is 0 Å². The number of hydrogen-bond donors (Lipinski definition) is 1. The zero-order chi connectivity index (χ0) is 13.1. The lowest BCUT2D eigenvalue weighted by Crippen LogP contribution is -2.19. The first-order valence-electron chi connectivity index (χ1n) is 5.66. The van der Waals surface area contributed by atoms with Crippen molar-refractivity contribution < 1.29 is 0 Å². The van der Waals surface area contributed by atoms with Crippen molar-refractivity contribution in [3.05, 3.63) is 63.4 Å². The van der Waals surface area contributed by atoms with E-state index in [0.29, 0.717) is 10.0 Å². The first-order chi connectivity index (χ1) is 8.63. The lowest BCUT2D eigenvalue weighted by Gasteiger charge is -2.20. The van der Waals surface area contributed by atoms with E-state index >= 15 is 0 Å². The topological polar surface area (TPSA) is 24.9 Å². The van der Waals surface area contributed by atoms with Crippen molar-refractivity contribution >= 4 is 23.2 Å². The normalized spacial score (nSPS) is 12.4. The molecule has 18 heavy (non-hydrogen) atoms. The van der Waals surface area contributed by atoms with Crippen molar-refractivity contribution in [3.8, 4) is 0 Å². The second-order valence-electron chi connectivity index (χ2n) is 4.12. The summed E-state index contributed by atoms with van der Waals surface area (Å²) in [5.41, 5.74) is 3.24. The molecule has 1 unspecified atom stereocenters. The third-order valence-corrected chi connectivity index (χ3v) is 3.51. The number of benzene rings is 1. The van der Waals surface area contributed by atoms with Crippen LogP contribution < -0.4 is 5.32 Å². The van der Waals surface area contributed by atoms with Crippen LogP contribution in [0.2, 0.25) is 10.0 Å². The fourth-order valence-corrected chi connectivity index (χ4v) is 2.43. The molecule has 0 saturated heterocycles. The summed E-state index contributed by atoms with van der Waals surface area (Å²) in [6, 6.07) is 7.51. The van der Waals surface area contributed by atoms with E-state index in [2.05, 4.69) is 10.3 Å². The van der Waals surface area contributed by atoms with Gasteiger partial charge < -0.3 is 5.32 Å². The molecule has 1 heterocycles. The molecular formula is C14H14Cl2N2. The van der Waals surface area contributed by atoms with Gasteiger partial charge in [0, 0.05) is 22.4 Å². The highest BCUT2D eigenvalue weighted by Gasteiger charge is 2.17. The van der Waals surface area contributed by atoms with Crippen LogP contribution in [-0.4, -0.2) is 12.0 Å². The van der Waals surface area contributed by atoms with Crippen LogP contribution in [0, 0.1) is 6.92 Å². The van der Waals surface area contributed by atoms with Crippen LogP contribution in [0.4, 0.5) is 0 Å². The van der Waals surface area contributed by atoms with Crippen LogP contribution in [-0.2, 0) is 0 Å². The van der Waals surface area contributed by atoms with E-state index < -0.39 is 0 Å². The van der Waals surface area contributed by atoms with Gasteiger partial charge in [0.2, 0.25) is 0 Å². The molecule has 94 valence electrons. The Morgan fingerprint density at radius 3 is 2.61 bits per heavy atom. The molecule has 0 saturated carbocycles. The molecule has 0 aliphatic rings. The Kier molecular flexibility index (Phi) is 4.23. The number of hydrogen-bond acceptors (Lipinski definition) is 2. The summed E-state index contributed by atoms with van der Waals surface area (Å²) < 4.78 is 0. The Balaban J connectivity index is 2.52. The van der Waals surface area contributed by atoms with Gasteiger partial charge in [-0.3, -0.25) is 4.98 Å². The zero-order valence-corrected chi connectivity index (χ0v) is 11.8. The van der Waals surface area contributed by atoms with Gasteiger partial charge in [0.15, 0.2) is 0 Å². The van der Waals surface area contributed by atoms with E-state index in [9.17, 15) is 0 Å². The predicted molar refractivity (Wildman–Crippen MR) is 76.3 cm³/mol. The van der Waals surface area contributed by atoms with Crippen LogP contribution >= 0.6 is 23.2 Å². The molecule has 2 aromatic rings. The van der Waals surface area contributed by atoms with Gasteiger partial charge >= 0.3 is 0 Å². The van der Waals surface area contributed by atoms with E-state index in [4.69, 9.17) is 23.2 Å². The minimum Gasteiger partial charge on any atom is -0.309 e. The monoisotopic (exact) mass is 280 g/mol. The second-order valence-corrected chi connectivity index (χ2v) is 4.96. The van der Waals surface area contributed by atoms with Crippen LogP contribution in [0.15, 0.2) is 36.7 Å². The Labute approximate surface area is 117 Å². The highest BCUT2D eigenvalue weighted by Crippen LogP contribution is 2.31. The van der Waals surface area contributed by atoms with Crippen molar-refractivity contribution in [2.24, 2.45) is 0 Å². The molecule has 0 bridgehead atoms. The van der Waals surface area contributed by atoms with Crippen molar-refractivity contribution in [2.75, 3.05) is 7.05 Å². The standard InChI is InChI=1S/C14H14Cl2N2/c1-9-8-18-6-5-11(9)14(17-2)12-7-10(15)3-4-13(12)16/h3-8,14,17H,1-2H3. The smallest absolute Gasteiger partial charge is 0.0593 e. The van der Waals surface area contributed by atoms with Gasteiger partial charge in [-0.25, -0.2) is 0 Å². The first kappa shape index (κ1) is 13.3. The molecule has 0 fully saturated rings. The minimum absolute atomic E-state index is 0.0131. The molecule has 0 amide bonds. The molecule has 4 heteroatoms. The molecule has 0 aliphatic carbocycles. The average Bonchev–Trinajstić information content (AvgIpc) is 2.36. The number of nitrogens with zero attached hydrogens (tertiary/aromatic N) is 1. The van der Waals surface area contributed by atoms with Crippen LogP contribution in [0.25, 0.3) is 0 Å². The molecule has 1 N–H and O–H groups in total. The second kappa shape index (κ2) is 5.70. The van der Waals surface area contributed by atoms with E-state index in [1.165, 1.54) is 0 Å². The summed E-state index contributed by atoms with van der Waals surface area (Å²) in [6.45, 7) is 2.03. The number of halogens is 2. The van der Waals surface area contributed by atoms with E-state index in [-0.39, 0.29) is 6.04 Å². The van der Waals surface area contributed by atoms with Gasteiger partial charge in [0.25, 0.3) is 0 Å². The minimum atomic E-state index is 0.0131. The van der Waals surface area contributed by atoms with Crippen molar-refractivity contribution in [1.82, 2.24) is 10.3 Å². The van der Waals surface area contributed by atoms with Gasteiger partial charge in [0.1, 0.15) is 0 Å². The highest BCUT2D eigenvalue weighted by atomic mass is 35.5. The summed E-state index contributed by atoms with van der Waals surface area (Å²) in [6.07, 6.45) is 3.63. The number of rotatable bonds is 3. The molecule has 1 aromatic carbocycles. The van der Waals surface area contributed by atoms with Gasteiger partial charge in [-0.05, 0) is 54.9 Å². The summed E-state index contributed by atoms with van der Waals surface area (Å²) in [5.74, 6) is 0. The Morgan fingerprint density at radius 2 is 1.94 bits per heavy atom. The summed E-state index contributed by atoms with van der Waals surface area (Å²) in [4.78, 5) is 4.11. The van der Waals surface area contributed by atoms with Crippen molar-refractivity contribution in [2.45, 2.75) is 13.0 Å². The average molecular weight is 281 g/mol. The number of nitrogens with one attached hydrogen (secondary N) is 1. The fourth-order valence-electron chi connectivity index (χ4n) is 2.02. The lowest BCUT2D eigenvalue weighted by atomic mass is 9.96. The predicted octanol–water partition coefficient (Wildman–Crippen LogP) is 4.01. The molecule has 0 aliphatic heterocycles. The number of pyridine rings is 1. The number of aromatic nitrogens is 1. The maximum absolute atomic E-state index is 6.26. The molecule has 1 atom stereocenters. The molecular weight excluding hydrogens is 267 g/mol. The van der Waals surface area contributed by atoms with Crippen LogP contribution in [0.3, 0.4) is 0 Å². The maximum atomic E-state index is 6.26. The molecule has 2 nitrogen and oxygen atoms in total. The van der Waals surface area contributed by atoms with E-state index in [1.807, 2.05) is 38.4 Å². The Hall–Kier alpha value is -1.09. The molecule has 0 spiro atoms. The van der Waals surface area contributed by atoms with Crippen LogP contribution in [0.1, 0.15) is 22.7 Å². The quantitative estimate of drug-likeness (QED) is 0.919. The zero-order valence-electron chi connectivity index (χ0n) is 10.2. The number of aryl methyl sites for hydroxylation is 1. The van der Waals surface area contributed by atoms with Gasteiger partial charge in [-0.15, -0.1) is 0 Å². The SMILES string of the molecule is CNC(c1ccncc1C)c1cc(Cl)ccc1Cl. The van der Waals surface area contributed by atoms with E-state index in [1.54, 1.807) is 12.3 Å². The Morgan fingerprint density at radius 1 is 1.17 bits per heavy atom. The van der Waals surface area contributed by atoms with Crippen molar-refractivity contribution in [1.29, 1.82) is 0 Å². The van der Waals surface area contributed by atoms with Gasteiger partial charge in [-0.1, -0.05) is 23.2 Å². The molecule has 2 rings (SSSR count).